The van der Waals surface area contributed by atoms with Gasteiger partial charge in [-0.15, -0.1) is 0 Å². The van der Waals surface area contributed by atoms with Crippen LogP contribution < -0.4 is 10.5 Å². The Morgan fingerprint density at radius 2 is 1.70 bits per heavy atom. The molecule has 2 N–H and O–H groups in total. The zero-order valence-electron chi connectivity index (χ0n) is 11.9. The van der Waals surface area contributed by atoms with Gasteiger partial charge in [0.2, 0.25) is 0 Å². The van der Waals surface area contributed by atoms with E-state index in [1.165, 1.54) is 6.92 Å². The molecule has 0 heterocycles. The van der Waals surface area contributed by atoms with Gasteiger partial charge >= 0.3 is 13.6 Å². The third kappa shape index (κ3) is 4.42. The molecule has 1 aromatic rings. The van der Waals surface area contributed by atoms with Crippen molar-refractivity contribution >= 4 is 13.6 Å². The van der Waals surface area contributed by atoms with Crippen molar-refractivity contribution in [2.24, 2.45) is 5.73 Å². The second kappa shape index (κ2) is 7.55. The molecule has 0 fully saturated rings. The fourth-order valence-corrected chi connectivity index (χ4v) is 3.29. The lowest BCUT2D eigenvalue weighted by atomic mass is 10.2. The maximum absolute atomic E-state index is 12.5. The van der Waals surface area contributed by atoms with Gasteiger partial charge in [-0.05, 0) is 31.5 Å². The van der Waals surface area contributed by atoms with Gasteiger partial charge in [-0.1, -0.05) is 12.1 Å². The smallest absolute Gasteiger partial charge is 0.351 e. The number of carbonyl (C=O) groups is 1. The lowest BCUT2D eigenvalue weighted by Crippen LogP contribution is -2.15. The number of hydrogen-bond donors (Lipinski definition) is 1. The largest absolute Gasteiger partial charge is 0.427 e. The van der Waals surface area contributed by atoms with Crippen LogP contribution in [0, 0.1) is 0 Å². The van der Waals surface area contributed by atoms with Crippen LogP contribution in [0.4, 0.5) is 0 Å². The molecule has 20 heavy (non-hydrogen) atoms. The van der Waals surface area contributed by atoms with Crippen LogP contribution in [0.25, 0.3) is 0 Å². The predicted octanol–water partition coefficient (Wildman–Crippen LogP) is 2.84. The Balaban J connectivity index is 2.92. The van der Waals surface area contributed by atoms with Crippen LogP contribution in [0.5, 0.6) is 5.75 Å². The molecule has 112 valence electrons. The highest BCUT2D eigenvalue weighted by atomic mass is 31.2. The van der Waals surface area contributed by atoms with E-state index in [0.717, 1.165) is 0 Å². The lowest BCUT2D eigenvalue weighted by molar-refractivity contribution is -0.131. The van der Waals surface area contributed by atoms with Crippen LogP contribution in [0.3, 0.4) is 0 Å². The van der Waals surface area contributed by atoms with Gasteiger partial charge < -0.3 is 19.5 Å². The Bertz CT molecular complexity index is 478. The highest BCUT2D eigenvalue weighted by Crippen LogP contribution is 2.58. The van der Waals surface area contributed by atoms with Crippen molar-refractivity contribution < 1.29 is 23.1 Å². The lowest BCUT2D eigenvalue weighted by Gasteiger charge is -2.23. The fourth-order valence-electron chi connectivity index (χ4n) is 1.64. The molecule has 1 rings (SSSR count). The van der Waals surface area contributed by atoms with Gasteiger partial charge in [0.05, 0.1) is 13.2 Å². The van der Waals surface area contributed by atoms with Gasteiger partial charge in [0.15, 0.2) is 0 Å². The average Bonchev–Trinajstić information content (AvgIpc) is 2.38. The van der Waals surface area contributed by atoms with Gasteiger partial charge in [-0.25, -0.2) is 0 Å². The third-order valence-corrected chi connectivity index (χ3v) is 4.66. The summed E-state index contributed by atoms with van der Waals surface area (Å²) in [5, 5.41) is 0. The molecule has 6 nitrogen and oxygen atoms in total. The number of hydrogen-bond acceptors (Lipinski definition) is 6. The number of rotatable bonds is 7. The highest BCUT2D eigenvalue weighted by molar-refractivity contribution is 7.54. The zero-order valence-corrected chi connectivity index (χ0v) is 12.8. The highest BCUT2D eigenvalue weighted by Gasteiger charge is 2.33. The second-order valence-electron chi connectivity index (χ2n) is 3.98. The molecule has 1 aromatic carbocycles. The van der Waals surface area contributed by atoms with Crippen molar-refractivity contribution in [2.75, 3.05) is 13.2 Å². The molecule has 0 aliphatic heterocycles. The first kappa shape index (κ1) is 16.9. The summed E-state index contributed by atoms with van der Waals surface area (Å²) in [6, 6.07) is 6.43. The Kier molecular flexibility index (Phi) is 6.36. The predicted molar refractivity (Wildman–Crippen MR) is 75.5 cm³/mol. The molecule has 0 aliphatic rings. The number of carbonyl (C=O) groups excluding carboxylic acids is 1. The first-order chi connectivity index (χ1) is 9.42. The van der Waals surface area contributed by atoms with Gasteiger partial charge in [0, 0.05) is 6.92 Å². The van der Waals surface area contributed by atoms with Gasteiger partial charge in [0.25, 0.3) is 0 Å². The average molecular weight is 301 g/mol. The number of ether oxygens (including phenoxy) is 1. The molecule has 0 radical (unpaired) electrons. The van der Waals surface area contributed by atoms with Crippen molar-refractivity contribution in [1.82, 2.24) is 0 Å². The topological polar surface area (TPSA) is 87.8 Å². The summed E-state index contributed by atoms with van der Waals surface area (Å²) in [6.07, 6.45) is 0. The molecule has 0 unspecified atom stereocenters. The molecule has 0 saturated heterocycles. The summed E-state index contributed by atoms with van der Waals surface area (Å²) in [4.78, 5) is 10.8. The standard InChI is InChI=1S/C13H20NO5P/c1-4-17-20(16,18-5-2)13(14)11-6-8-12(9-7-11)19-10(3)15/h6-9,13H,4-5,14H2,1-3H3/t13-/m0/s1. The summed E-state index contributed by atoms with van der Waals surface area (Å²) >= 11 is 0. The van der Waals surface area contributed by atoms with Crippen LogP contribution in [0.1, 0.15) is 32.1 Å². The first-order valence-electron chi connectivity index (χ1n) is 6.35. The molecule has 1 atom stereocenters. The van der Waals surface area contributed by atoms with E-state index in [-0.39, 0.29) is 13.2 Å². The van der Waals surface area contributed by atoms with E-state index < -0.39 is 19.3 Å². The molecule has 0 spiro atoms. The minimum absolute atomic E-state index is 0.247. The molecule has 0 aromatic heterocycles. The summed E-state index contributed by atoms with van der Waals surface area (Å²) in [6.45, 7) is 5.26. The minimum Gasteiger partial charge on any atom is -0.427 e. The molecule has 0 aliphatic carbocycles. The Labute approximate surface area is 118 Å². The van der Waals surface area contributed by atoms with Crippen LogP contribution in [0.15, 0.2) is 24.3 Å². The number of benzene rings is 1. The maximum atomic E-state index is 12.5. The molecule has 0 saturated carbocycles. The molecule has 0 amide bonds. The van der Waals surface area contributed by atoms with Crippen LogP contribution >= 0.6 is 7.60 Å². The quantitative estimate of drug-likeness (QED) is 0.473. The Morgan fingerprint density at radius 1 is 1.20 bits per heavy atom. The van der Waals surface area contributed by atoms with Crippen molar-refractivity contribution in [1.29, 1.82) is 0 Å². The second-order valence-corrected chi connectivity index (χ2v) is 6.14. The van der Waals surface area contributed by atoms with E-state index in [0.29, 0.717) is 11.3 Å². The zero-order chi connectivity index (χ0) is 15.2. The van der Waals surface area contributed by atoms with E-state index in [1.54, 1.807) is 38.1 Å². The van der Waals surface area contributed by atoms with Gasteiger partial charge in [0.1, 0.15) is 11.5 Å². The van der Waals surface area contributed by atoms with Crippen molar-refractivity contribution in [2.45, 2.75) is 26.6 Å². The van der Waals surface area contributed by atoms with Gasteiger partial charge in [-0.3, -0.25) is 9.36 Å². The van der Waals surface area contributed by atoms with Crippen molar-refractivity contribution in [3.05, 3.63) is 29.8 Å². The van der Waals surface area contributed by atoms with Crippen LogP contribution in [0.2, 0.25) is 0 Å². The van der Waals surface area contributed by atoms with E-state index in [2.05, 4.69) is 0 Å². The Morgan fingerprint density at radius 3 is 2.10 bits per heavy atom. The van der Waals surface area contributed by atoms with Gasteiger partial charge in [-0.2, -0.15) is 0 Å². The summed E-state index contributed by atoms with van der Waals surface area (Å²) in [5.74, 6) is -0.888. The molecular formula is C13H20NO5P. The summed E-state index contributed by atoms with van der Waals surface area (Å²) in [5.41, 5.74) is 6.57. The van der Waals surface area contributed by atoms with Crippen molar-refractivity contribution in [3.63, 3.8) is 0 Å². The number of nitrogens with two attached hydrogens (primary N) is 1. The van der Waals surface area contributed by atoms with E-state index in [9.17, 15) is 9.36 Å². The van der Waals surface area contributed by atoms with E-state index in [1.807, 2.05) is 0 Å². The van der Waals surface area contributed by atoms with Crippen molar-refractivity contribution in [3.8, 4) is 5.75 Å². The molecule has 7 heteroatoms. The normalized spacial score (nSPS) is 13.0. The monoisotopic (exact) mass is 301 g/mol. The van der Waals surface area contributed by atoms with Crippen LogP contribution in [-0.2, 0) is 18.4 Å². The molecule has 0 bridgehead atoms. The number of esters is 1. The summed E-state index contributed by atoms with van der Waals surface area (Å²) < 4.78 is 27.8. The summed E-state index contributed by atoms with van der Waals surface area (Å²) in [7, 11) is -3.40. The minimum atomic E-state index is -3.40. The van der Waals surface area contributed by atoms with Crippen LogP contribution in [-0.4, -0.2) is 19.2 Å². The van der Waals surface area contributed by atoms with E-state index in [4.69, 9.17) is 19.5 Å². The maximum Gasteiger partial charge on any atom is 0.351 e. The first-order valence-corrected chi connectivity index (χ1v) is 7.97. The third-order valence-electron chi connectivity index (χ3n) is 2.44. The fraction of sp³-hybridized carbons (Fsp3) is 0.462. The van der Waals surface area contributed by atoms with E-state index >= 15 is 0 Å². The Hall–Kier alpha value is -1.20. The molecular weight excluding hydrogens is 281 g/mol. The SMILES string of the molecule is CCOP(=O)(OCC)[C@H](N)c1ccc(OC(C)=O)cc1.